The van der Waals surface area contributed by atoms with Crippen LogP contribution in [-0.2, 0) is 9.59 Å². The van der Waals surface area contributed by atoms with Crippen LogP contribution in [0, 0.1) is 0 Å². The van der Waals surface area contributed by atoms with E-state index < -0.39 is 23.0 Å². The van der Waals surface area contributed by atoms with E-state index in [1.165, 1.54) is 0 Å². The molecule has 1 amide bonds. The topological polar surface area (TPSA) is 92.4 Å². The number of carboxylic acid groups (broad SMARTS) is 1. The van der Waals surface area contributed by atoms with Crippen molar-refractivity contribution in [3.63, 3.8) is 0 Å². The zero-order valence-corrected chi connectivity index (χ0v) is 8.46. The van der Waals surface area contributed by atoms with Gasteiger partial charge in [-0.1, -0.05) is 0 Å². The van der Waals surface area contributed by atoms with Gasteiger partial charge in [0.15, 0.2) is 0 Å². The van der Waals surface area contributed by atoms with Crippen molar-refractivity contribution in [1.29, 1.82) is 0 Å². The Morgan fingerprint density at radius 1 is 1.43 bits per heavy atom. The smallest absolute Gasteiger partial charge is 0.329 e. The number of hydrogen-bond donors (Lipinski definition) is 3. The summed E-state index contributed by atoms with van der Waals surface area (Å²) in [5.74, 6) is -1.39. The summed E-state index contributed by atoms with van der Waals surface area (Å²) >= 11 is 0. The van der Waals surface area contributed by atoms with Crippen molar-refractivity contribution in [1.82, 2.24) is 5.32 Å². The molecule has 0 spiro atoms. The van der Waals surface area contributed by atoms with Gasteiger partial charge in [-0.15, -0.1) is 0 Å². The quantitative estimate of drug-likeness (QED) is 0.590. The lowest BCUT2D eigenvalue weighted by Gasteiger charge is -2.39. The molecule has 0 aromatic heterocycles. The fourth-order valence-corrected chi connectivity index (χ4v) is 1.30. The second-order valence-corrected chi connectivity index (χ2v) is 4.42. The normalized spacial score (nSPS) is 19.6. The third-order valence-electron chi connectivity index (χ3n) is 2.55. The minimum absolute atomic E-state index is 0.417. The van der Waals surface area contributed by atoms with Crippen LogP contribution in [0.25, 0.3) is 0 Å². The molecule has 0 radical (unpaired) electrons. The van der Waals surface area contributed by atoms with Crippen molar-refractivity contribution in [2.45, 2.75) is 44.2 Å². The summed E-state index contributed by atoms with van der Waals surface area (Å²) in [7, 11) is 0. The van der Waals surface area contributed by atoms with Crippen molar-refractivity contribution in [3.05, 3.63) is 0 Å². The molecule has 1 aliphatic rings. The van der Waals surface area contributed by atoms with Gasteiger partial charge in [0.2, 0.25) is 5.91 Å². The van der Waals surface area contributed by atoms with E-state index >= 15 is 0 Å². The summed E-state index contributed by atoms with van der Waals surface area (Å²) in [6.45, 7) is 3.10. The van der Waals surface area contributed by atoms with Crippen molar-refractivity contribution >= 4 is 11.9 Å². The maximum Gasteiger partial charge on any atom is 0.329 e. The highest BCUT2D eigenvalue weighted by atomic mass is 16.4. The Morgan fingerprint density at radius 2 is 1.93 bits per heavy atom. The molecule has 4 N–H and O–H groups in total. The molecule has 0 bridgehead atoms. The van der Waals surface area contributed by atoms with Crippen LogP contribution in [0.1, 0.15) is 33.1 Å². The van der Waals surface area contributed by atoms with Gasteiger partial charge in [-0.2, -0.15) is 0 Å². The van der Waals surface area contributed by atoms with E-state index in [4.69, 9.17) is 10.8 Å². The lowest BCUT2D eigenvalue weighted by Crippen LogP contribution is -2.64. The van der Waals surface area contributed by atoms with E-state index in [1.807, 2.05) is 0 Å². The van der Waals surface area contributed by atoms with Crippen LogP contribution < -0.4 is 11.1 Å². The van der Waals surface area contributed by atoms with Gasteiger partial charge in [0.1, 0.15) is 5.54 Å². The molecule has 0 aromatic rings. The van der Waals surface area contributed by atoms with Crippen molar-refractivity contribution in [3.8, 4) is 0 Å². The first-order chi connectivity index (χ1) is 6.28. The number of nitrogens with one attached hydrogen (secondary N) is 1. The van der Waals surface area contributed by atoms with Crippen LogP contribution in [0.2, 0.25) is 0 Å². The third-order valence-corrected chi connectivity index (χ3v) is 2.55. The molecule has 14 heavy (non-hydrogen) atoms. The molecule has 5 nitrogen and oxygen atoms in total. The predicted octanol–water partition coefficient (Wildman–Crippen LogP) is -0.153. The van der Waals surface area contributed by atoms with Gasteiger partial charge in [0, 0.05) is 0 Å². The highest BCUT2D eigenvalue weighted by Crippen LogP contribution is 2.32. The molecule has 0 aliphatic heterocycles. The van der Waals surface area contributed by atoms with Gasteiger partial charge in [-0.05, 0) is 33.1 Å². The highest BCUT2D eigenvalue weighted by Gasteiger charge is 2.47. The fourth-order valence-electron chi connectivity index (χ4n) is 1.30. The number of carbonyl (C=O) groups is 2. The zero-order chi connectivity index (χ0) is 11.0. The molecular formula is C9H16N2O3. The van der Waals surface area contributed by atoms with Crippen LogP contribution in [0.15, 0.2) is 0 Å². The molecule has 1 rings (SSSR count). The molecule has 0 aromatic carbocycles. The highest BCUT2D eigenvalue weighted by molar-refractivity contribution is 5.92. The number of nitrogens with two attached hydrogens (primary N) is 1. The Morgan fingerprint density at radius 3 is 2.14 bits per heavy atom. The average Bonchev–Trinajstić information content (AvgIpc) is 1.93. The molecule has 1 saturated carbocycles. The summed E-state index contributed by atoms with van der Waals surface area (Å²) in [4.78, 5) is 22.4. The first-order valence-corrected chi connectivity index (χ1v) is 4.63. The van der Waals surface area contributed by atoms with Gasteiger partial charge < -0.3 is 16.2 Å². The Kier molecular flexibility index (Phi) is 2.54. The number of hydrogen-bond acceptors (Lipinski definition) is 3. The lowest BCUT2D eigenvalue weighted by molar-refractivity contribution is -0.152. The van der Waals surface area contributed by atoms with Crippen LogP contribution in [0.4, 0.5) is 0 Å². The van der Waals surface area contributed by atoms with E-state index in [0.29, 0.717) is 12.8 Å². The standard InChI is InChI=1S/C9H16N2O3/c1-8(2,10)6(12)11-9(7(13)14)4-3-5-9/h3-5,10H2,1-2H3,(H,11,12)(H,13,14). The number of amides is 1. The largest absolute Gasteiger partial charge is 0.480 e. The number of carboxylic acids is 1. The Bertz CT molecular complexity index is 264. The third kappa shape index (κ3) is 1.87. The van der Waals surface area contributed by atoms with Crippen LogP contribution in [0.5, 0.6) is 0 Å². The molecule has 0 heterocycles. The van der Waals surface area contributed by atoms with E-state index in [2.05, 4.69) is 5.32 Å². The Balaban J connectivity index is 2.67. The first kappa shape index (κ1) is 11.0. The molecule has 0 atom stereocenters. The molecule has 1 fully saturated rings. The van der Waals surface area contributed by atoms with Crippen molar-refractivity contribution in [2.75, 3.05) is 0 Å². The van der Waals surface area contributed by atoms with Crippen molar-refractivity contribution < 1.29 is 14.7 Å². The van der Waals surface area contributed by atoms with E-state index in [0.717, 1.165) is 6.42 Å². The lowest BCUT2D eigenvalue weighted by atomic mass is 9.76. The first-order valence-electron chi connectivity index (χ1n) is 4.63. The van der Waals surface area contributed by atoms with Gasteiger partial charge >= 0.3 is 5.97 Å². The molecule has 80 valence electrons. The summed E-state index contributed by atoms with van der Waals surface area (Å²) in [5, 5.41) is 11.4. The average molecular weight is 200 g/mol. The summed E-state index contributed by atoms with van der Waals surface area (Å²) in [6.07, 6.45) is 1.81. The molecule has 0 saturated heterocycles. The second-order valence-electron chi connectivity index (χ2n) is 4.42. The van der Waals surface area contributed by atoms with Gasteiger partial charge in [-0.25, -0.2) is 4.79 Å². The van der Waals surface area contributed by atoms with Crippen LogP contribution >= 0.6 is 0 Å². The van der Waals surface area contributed by atoms with Crippen LogP contribution in [0.3, 0.4) is 0 Å². The number of aliphatic carboxylic acids is 1. The number of rotatable bonds is 3. The summed E-state index contributed by atoms with van der Waals surface area (Å²) < 4.78 is 0. The SMILES string of the molecule is CC(C)(N)C(=O)NC1(C(=O)O)CCC1. The van der Waals surface area contributed by atoms with Crippen LogP contribution in [-0.4, -0.2) is 28.1 Å². The molecule has 0 unspecified atom stereocenters. The number of carbonyl (C=O) groups excluding carboxylic acids is 1. The molecular weight excluding hydrogens is 184 g/mol. The Labute approximate surface area is 82.7 Å². The van der Waals surface area contributed by atoms with Gasteiger partial charge in [0.05, 0.1) is 5.54 Å². The maximum atomic E-state index is 11.5. The molecule has 5 heteroatoms. The van der Waals surface area contributed by atoms with E-state index in [1.54, 1.807) is 13.8 Å². The van der Waals surface area contributed by atoms with Gasteiger partial charge in [0.25, 0.3) is 0 Å². The zero-order valence-electron chi connectivity index (χ0n) is 8.46. The maximum absolute atomic E-state index is 11.5. The Hall–Kier alpha value is -1.10. The van der Waals surface area contributed by atoms with Crippen molar-refractivity contribution in [2.24, 2.45) is 5.73 Å². The fraction of sp³-hybridized carbons (Fsp3) is 0.778. The van der Waals surface area contributed by atoms with E-state index in [-0.39, 0.29) is 0 Å². The minimum Gasteiger partial charge on any atom is -0.480 e. The molecule has 1 aliphatic carbocycles. The summed E-state index contributed by atoms with van der Waals surface area (Å²) in [6, 6.07) is 0. The summed E-state index contributed by atoms with van der Waals surface area (Å²) in [5.41, 5.74) is 3.47. The van der Waals surface area contributed by atoms with Gasteiger partial charge in [-0.3, -0.25) is 4.79 Å². The monoisotopic (exact) mass is 200 g/mol. The predicted molar refractivity (Wildman–Crippen MR) is 50.6 cm³/mol. The second kappa shape index (κ2) is 3.24. The minimum atomic E-state index is -1.06. The van der Waals surface area contributed by atoms with E-state index in [9.17, 15) is 9.59 Å².